The molecule has 0 radical (unpaired) electrons. The number of benzene rings is 2. The van der Waals surface area contributed by atoms with Gasteiger partial charge in [0.2, 0.25) is 5.91 Å². The molecule has 0 atom stereocenters. The number of esters is 1. The molecule has 0 heterocycles. The molecule has 1 aliphatic carbocycles. The third-order valence-electron chi connectivity index (χ3n) is 6.42. The summed E-state index contributed by atoms with van der Waals surface area (Å²) < 4.78 is 51.1. The molecule has 194 valence electrons. The van der Waals surface area contributed by atoms with E-state index in [4.69, 9.17) is 9.47 Å². The van der Waals surface area contributed by atoms with Crippen LogP contribution >= 0.6 is 0 Å². The zero-order valence-electron chi connectivity index (χ0n) is 20.7. The molecule has 0 aromatic heterocycles. The summed E-state index contributed by atoms with van der Waals surface area (Å²) in [5.74, 6) is -1.03. The first-order valence-electron chi connectivity index (χ1n) is 11.9. The van der Waals surface area contributed by atoms with Gasteiger partial charge in [-0.25, -0.2) is 4.79 Å². The third-order valence-corrected chi connectivity index (χ3v) is 6.42. The lowest BCUT2D eigenvalue weighted by Crippen LogP contribution is -2.43. The number of anilines is 1. The van der Waals surface area contributed by atoms with Crippen molar-refractivity contribution in [3.8, 4) is 11.5 Å². The van der Waals surface area contributed by atoms with E-state index in [1.165, 1.54) is 31.4 Å². The SMILES string of the molecule is COC(=O)c1cc(Oc2ccc(C=O)cc2C(F)(F)F)ccc1N(C(=O)C1CCC(C)CC1)C(C)C. The number of nitrogens with zero attached hydrogens (tertiary/aromatic N) is 1. The highest BCUT2D eigenvalue weighted by Gasteiger charge is 2.36. The number of hydrogen-bond donors (Lipinski definition) is 0. The fraction of sp³-hybridized carbons (Fsp3) is 0.444. The van der Waals surface area contributed by atoms with Gasteiger partial charge in [-0.05, 0) is 81.8 Å². The molecule has 2 aromatic rings. The van der Waals surface area contributed by atoms with Crippen LogP contribution in [0.5, 0.6) is 11.5 Å². The Morgan fingerprint density at radius 1 is 1.06 bits per heavy atom. The molecule has 1 amide bonds. The Hall–Kier alpha value is -3.36. The monoisotopic (exact) mass is 505 g/mol. The number of halogens is 3. The predicted octanol–water partition coefficient (Wildman–Crippen LogP) is 6.66. The van der Waals surface area contributed by atoms with Gasteiger partial charge in [0.1, 0.15) is 17.8 Å². The van der Waals surface area contributed by atoms with Crippen LogP contribution in [0.25, 0.3) is 0 Å². The Morgan fingerprint density at radius 2 is 1.72 bits per heavy atom. The van der Waals surface area contributed by atoms with E-state index in [1.807, 2.05) is 13.8 Å². The highest BCUT2D eigenvalue weighted by molar-refractivity contribution is 6.04. The van der Waals surface area contributed by atoms with Gasteiger partial charge >= 0.3 is 12.1 Å². The van der Waals surface area contributed by atoms with Crippen molar-refractivity contribution in [2.75, 3.05) is 12.0 Å². The summed E-state index contributed by atoms with van der Waals surface area (Å²) in [5.41, 5.74) is -0.968. The normalized spacial score (nSPS) is 18.0. The van der Waals surface area contributed by atoms with Gasteiger partial charge in [-0.2, -0.15) is 13.2 Å². The molecule has 36 heavy (non-hydrogen) atoms. The van der Waals surface area contributed by atoms with Crippen LogP contribution in [0.15, 0.2) is 36.4 Å². The van der Waals surface area contributed by atoms with Crippen LogP contribution in [0.1, 0.15) is 72.7 Å². The molecule has 1 saturated carbocycles. The van der Waals surface area contributed by atoms with Gasteiger partial charge in [-0.3, -0.25) is 9.59 Å². The molecule has 1 fully saturated rings. The fourth-order valence-corrected chi connectivity index (χ4v) is 4.48. The number of methoxy groups -OCH3 is 1. The number of aldehydes is 1. The summed E-state index contributed by atoms with van der Waals surface area (Å²) in [6.45, 7) is 5.82. The third kappa shape index (κ3) is 6.06. The van der Waals surface area contributed by atoms with Crippen molar-refractivity contribution in [1.29, 1.82) is 0 Å². The zero-order chi connectivity index (χ0) is 26.6. The van der Waals surface area contributed by atoms with Gasteiger partial charge in [0.05, 0.1) is 23.9 Å². The molecule has 9 heteroatoms. The van der Waals surface area contributed by atoms with Crippen LogP contribution in [-0.2, 0) is 15.7 Å². The summed E-state index contributed by atoms with van der Waals surface area (Å²) in [7, 11) is 1.18. The number of ether oxygens (including phenoxy) is 2. The van der Waals surface area contributed by atoms with Crippen molar-refractivity contribution in [3.05, 3.63) is 53.1 Å². The molecule has 0 saturated heterocycles. The lowest BCUT2D eigenvalue weighted by atomic mass is 9.82. The van der Waals surface area contributed by atoms with Gasteiger partial charge in [-0.1, -0.05) is 6.92 Å². The molecule has 0 N–H and O–H groups in total. The Balaban J connectivity index is 2.01. The number of alkyl halides is 3. The average molecular weight is 506 g/mol. The van der Waals surface area contributed by atoms with E-state index in [0.717, 1.165) is 31.7 Å². The number of carbonyl (C=O) groups is 3. The highest BCUT2D eigenvalue weighted by Crippen LogP contribution is 2.40. The molecule has 0 aliphatic heterocycles. The van der Waals surface area contributed by atoms with Crippen LogP contribution in [0.3, 0.4) is 0 Å². The Bertz CT molecular complexity index is 1120. The van der Waals surface area contributed by atoms with Gasteiger partial charge in [-0.15, -0.1) is 0 Å². The predicted molar refractivity (Wildman–Crippen MR) is 128 cm³/mol. The van der Waals surface area contributed by atoms with Gasteiger partial charge in [0, 0.05) is 17.5 Å². The summed E-state index contributed by atoms with van der Waals surface area (Å²) in [6, 6.07) is 6.82. The second-order valence-corrected chi connectivity index (χ2v) is 9.40. The Morgan fingerprint density at radius 3 is 2.28 bits per heavy atom. The fourth-order valence-electron chi connectivity index (χ4n) is 4.48. The first-order valence-corrected chi connectivity index (χ1v) is 11.9. The molecular formula is C27H30F3NO5. The zero-order valence-corrected chi connectivity index (χ0v) is 20.7. The van der Waals surface area contributed by atoms with Crippen molar-refractivity contribution >= 4 is 23.9 Å². The van der Waals surface area contributed by atoms with E-state index in [-0.39, 0.29) is 34.7 Å². The maximum absolute atomic E-state index is 13.6. The van der Waals surface area contributed by atoms with E-state index in [1.54, 1.807) is 4.90 Å². The maximum atomic E-state index is 13.6. The summed E-state index contributed by atoms with van der Waals surface area (Å²) >= 11 is 0. The minimum atomic E-state index is -4.77. The van der Waals surface area contributed by atoms with Crippen LogP contribution in [0.2, 0.25) is 0 Å². The molecule has 0 bridgehead atoms. The standard InChI is InChI=1S/C27H30F3NO5/c1-16(2)31(25(33)19-8-5-17(3)6-9-19)23-11-10-20(14-21(23)26(34)35-4)36-24-12-7-18(15-32)13-22(24)27(28,29)30/h7,10-17,19H,5-6,8-9H2,1-4H3. The number of amides is 1. The summed E-state index contributed by atoms with van der Waals surface area (Å²) in [4.78, 5) is 38.7. The first kappa shape index (κ1) is 27.2. The van der Waals surface area contributed by atoms with E-state index < -0.39 is 23.5 Å². The van der Waals surface area contributed by atoms with Crippen LogP contribution in [-0.4, -0.2) is 31.3 Å². The summed E-state index contributed by atoms with van der Waals surface area (Å²) in [6.07, 6.45) is -1.04. The maximum Gasteiger partial charge on any atom is 0.420 e. The number of carbonyl (C=O) groups excluding carboxylic acids is 3. The lowest BCUT2D eigenvalue weighted by molar-refractivity contribution is -0.138. The highest BCUT2D eigenvalue weighted by atomic mass is 19.4. The van der Waals surface area contributed by atoms with Crippen molar-refractivity contribution in [2.45, 2.75) is 58.7 Å². The smallest absolute Gasteiger partial charge is 0.420 e. The minimum absolute atomic E-state index is 0.000650. The van der Waals surface area contributed by atoms with E-state index in [9.17, 15) is 27.6 Å². The van der Waals surface area contributed by atoms with Gasteiger partial charge < -0.3 is 14.4 Å². The second-order valence-electron chi connectivity index (χ2n) is 9.40. The molecular weight excluding hydrogens is 475 g/mol. The Labute approximate surface area is 208 Å². The molecule has 6 nitrogen and oxygen atoms in total. The van der Waals surface area contributed by atoms with Gasteiger partial charge in [0.15, 0.2) is 0 Å². The molecule has 0 unspecified atom stereocenters. The average Bonchev–Trinajstić information content (AvgIpc) is 2.84. The topological polar surface area (TPSA) is 72.9 Å². The quantitative estimate of drug-likeness (QED) is 0.311. The minimum Gasteiger partial charge on any atom is -0.465 e. The van der Waals surface area contributed by atoms with E-state index in [0.29, 0.717) is 24.0 Å². The van der Waals surface area contributed by atoms with Crippen molar-refractivity contribution in [2.24, 2.45) is 11.8 Å². The van der Waals surface area contributed by atoms with E-state index >= 15 is 0 Å². The number of rotatable bonds is 7. The van der Waals surface area contributed by atoms with Crippen molar-refractivity contribution in [1.82, 2.24) is 0 Å². The molecule has 0 spiro atoms. The molecule has 1 aliphatic rings. The molecule has 2 aromatic carbocycles. The van der Waals surface area contributed by atoms with Crippen LogP contribution < -0.4 is 9.64 Å². The van der Waals surface area contributed by atoms with Crippen LogP contribution in [0, 0.1) is 11.8 Å². The largest absolute Gasteiger partial charge is 0.465 e. The summed E-state index contributed by atoms with van der Waals surface area (Å²) in [5, 5.41) is 0. The lowest BCUT2D eigenvalue weighted by Gasteiger charge is -2.34. The van der Waals surface area contributed by atoms with Crippen molar-refractivity contribution in [3.63, 3.8) is 0 Å². The second kappa shape index (κ2) is 11.1. The Kier molecular flexibility index (Phi) is 8.43. The van der Waals surface area contributed by atoms with E-state index in [2.05, 4.69) is 6.92 Å². The first-order chi connectivity index (χ1) is 17.0. The molecule has 3 rings (SSSR count). The number of hydrogen-bond acceptors (Lipinski definition) is 5. The van der Waals surface area contributed by atoms with Crippen LogP contribution in [0.4, 0.5) is 18.9 Å². The van der Waals surface area contributed by atoms with Gasteiger partial charge in [0.25, 0.3) is 0 Å². The van der Waals surface area contributed by atoms with Crippen molar-refractivity contribution < 1.29 is 37.0 Å².